The maximum atomic E-state index is 12.6. The maximum Gasteiger partial charge on any atom is 0.280 e. The summed E-state index contributed by atoms with van der Waals surface area (Å²) in [6, 6.07) is 7.74. The lowest BCUT2D eigenvalue weighted by Gasteiger charge is -2.29. The van der Waals surface area contributed by atoms with Crippen molar-refractivity contribution in [3.05, 3.63) is 41.7 Å². The van der Waals surface area contributed by atoms with Crippen molar-refractivity contribution in [2.75, 3.05) is 25.2 Å². The summed E-state index contributed by atoms with van der Waals surface area (Å²) in [6.07, 6.45) is 3.69. The molecule has 4 rings (SSSR count). The van der Waals surface area contributed by atoms with Gasteiger partial charge in [0.15, 0.2) is 12.0 Å². The van der Waals surface area contributed by atoms with E-state index in [1.807, 2.05) is 31.2 Å². The molecule has 1 saturated carbocycles. The number of rotatable bonds is 4. The van der Waals surface area contributed by atoms with Gasteiger partial charge in [0.2, 0.25) is 0 Å². The Morgan fingerprint density at radius 3 is 2.72 bits per heavy atom. The molecule has 1 spiro atoms. The molecular weight excluding hydrogens is 320 g/mol. The first kappa shape index (κ1) is 16.2. The van der Waals surface area contributed by atoms with Crippen molar-refractivity contribution in [2.24, 2.45) is 5.41 Å². The SMILES string of the molecule is Cc1ccccc1N(C)C(=O)c1cn(CC2OCC3(CC3)CO2)nn1. The first-order valence-corrected chi connectivity index (χ1v) is 8.53. The number of hydrogen-bond acceptors (Lipinski definition) is 5. The molecule has 1 aliphatic heterocycles. The van der Waals surface area contributed by atoms with Crippen LogP contribution in [0.15, 0.2) is 30.5 Å². The molecule has 25 heavy (non-hydrogen) atoms. The molecule has 1 amide bonds. The normalized spacial score (nSPS) is 19.1. The van der Waals surface area contributed by atoms with E-state index >= 15 is 0 Å². The van der Waals surface area contributed by atoms with Gasteiger partial charge in [0, 0.05) is 18.2 Å². The number of carbonyl (C=O) groups is 1. The molecule has 7 nitrogen and oxygen atoms in total. The third kappa shape index (κ3) is 3.29. The lowest BCUT2D eigenvalue weighted by atomic mass is 10.1. The minimum atomic E-state index is -0.329. The molecule has 2 fully saturated rings. The summed E-state index contributed by atoms with van der Waals surface area (Å²) in [6.45, 7) is 3.90. The predicted molar refractivity (Wildman–Crippen MR) is 91.3 cm³/mol. The molecule has 2 heterocycles. The molecular formula is C18H22N4O3. The van der Waals surface area contributed by atoms with Crippen LogP contribution in [0, 0.1) is 12.3 Å². The van der Waals surface area contributed by atoms with Crippen LogP contribution in [0.3, 0.4) is 0 Å². The van der Waals surface area contributed by atoms with Crippen LogP contribution in [-0.4, -0.2) is 47.5 Å². The van der Waals surface area contributed by atoms with Crippen molar-refractivity contribution in [3.63, 3.8) is 0 Å². The molecule has 0 atom stereocenters. The van der Waals surface area contributed by atoms with Crippen LogP contribution in [0.2, 0.25) is 0 Å². The standard InChI is InChI=1S/C18H22N4O3/c1-13-5-3-4-6-15(13)21(2)17(23)14-9-22(20-19-14)10-16-24-11-18(7-8-18)12-25-16/h3-6,9,16H,7-8,10-12H2,1-2H3. The molecule has 1 aliphatic carbocycles. The fourth-order valence-corrected chi connectivity index (χ4v) is 3.06. The van der Waals surface area contributed by atoms with Crippen molar-refractivity contribution in [1.82, 2.24) is 15.0 Å². The molecule has 1 aromatic heterocycles. The van der Waals surface area contributed by atoms with Gasteiger partial charge < -0.3 is 14.4 Å². The molecule has 2 aromatic rings. The smallest absolute Gasteiger partial charge is 0.280 e. The Balaban J connectivity index is 1.40. The molecule has 0 unspecified atom stereocenters. The number of aromatic nitrogens is 3. The zero-order valence-electron chi connectivity index (χ0n) is 14.5. The van der Waals surface area contributed by atoms with Crippen molar-refractivity contribution in [1.29, 1.82) is 0 Å². The van der Waals surface area contributed by atoms with Gasteiger partial charge in [0.05, 0.1) is 26.0 Å². The van der Waals surface area contributed by atoms with Gasteiger partial charge in [0.1, 0.15) is 0 Å². The molecule has 7 heteroatoms. The fraction of sp³-hybridized carbons (Fsp3) is 0.500. The Labute approximate surface area is 146 Å². The largest absolute Gasteiger partial charge is 0.350 e. The van der Waals surface area contributed by atoms with Gasteiger partial charge in [-0.05, 0) is 31.4 Å². The van der Waals surface area contributed by atoms with Crippen LogP contribution in [0.4, 0.5) is 5.69 Å². The highest BCUT2D eigenvalue weighted by Crippen LogP contribution is 2.48. The van der Waals surface area contributed by atoms with Crippen LogP contribution in [0.5, 0.6) is 0 Å². The first-order chi connectivity index (χ1) is 12.1. The van der Waals surface area contributed by atoms with E-state index in [0.717, 1.165) is 24.5 Å². The van der Waals surface area contributed by atoms with Crippen molar-refractivity contribution >= 4 is 11.6 Å². The summed E-state index contributed by atoms with van der Waals surface area (Å²) in [5.41, 5.74) is 2.47. The summed E-state index contributed by atoms with van der Waals surface area (Å²) in [4.78, 5) is 14.2. The van der Waals surface area contributed by atoms with Crippen molar-refractivity contribution < 1.29 is 14.3 Å². The van der Waals surface area contributed by atoms with Crippen LogP contribution < -0.4 is 4.90 Å². The van der Waals surface area contributed by atoms with E-state index in [0.29, 0.717) is 12.2 Å². The van der Waals surface area contributed by atoms with E-state index in [4.69, 9.17) is 9.47 Å². The number of ether oxygens (including phenoxy) is 2. The highest BCUT2D eigenvalue weighted by atomic mass is 16.7. The molecule has 1 saturated heterocycles. The van der Waals surface area contributed by atoms with Crippen molar-refractivity contribution in [3.8, 4) is 0 Å². The summed E-state index contributed by atoms with van der Waals surface area (Å²) in [7, 11) is 1.74. The van der Waals surface area contributed by atoms with Gasteiger partial charge in [-0.1, -0.05) is 23.4 Å². The number of anilines is 1. The Morgan fingerprint density at radius 2 is 2.04 bits per heavy atom. The second kappa shape index (κ2) is 6.24. The molecule has 0 N–H and O–H groups in total. The van der Waals surface area contributed by atoms with Crippen molar-refractivity contribution in [2.45, 2.75) is 32.6 Å². The number of benzene rings is 1. The topological polar surface area (TPSA) is 69.5 Å². The summed E-state index contributed by atoms with van der Waals surface area (Å²) in [5, 5.41) is 8.05. The van der Waals surface area contributed by atoms with Crippen LogP contribution >= 0.6 is 0 Å². The monoisotopic (exact) mass is 342 g/mol. The predicted octanol–water partition coefficient (Wildman–Crippen LogP) is 2.02. The van der Waals surface area contributed by atoms with E-state index in [2.05, 4.69) is 10.3 Å². The quantitative estimate of drug-likeness (QED) is 0.850. The molecule has 132 valence electrons. The second-order valence-electron chi connectivity index (χ2n) is 7.03. The van der Waals surface area contributed by atoms with Crippen LogP contribution in [0.1, 0.15) is 28.9 Å². The molecule has 0 radical (unpaired) electrons. The van der Waals surface area contributed by atoms with E-state index in [-0.39, 0.29) is 17.6 Å². The van der Waals surface area contributed by atoms with Gasteiger partial charge in [-0.2, -0.15) is 0 Å². The highest BCUT2D eigenvalue weighted by molar-refractivity contribution is 6.04. The number of para-hydroxylation sites is 1. The highest BCUT2D eigenvalue weighted by Gasteiger charge is 2.47. The molecule has 0 bridgehead atoms. The summed E-state index contributed by atoms with van der Waals surface area (Å²) in [5.74, 6) is -0.192. The first-order valence-electron chi connectivity index (χ1n) is 8.53. The van der Waals surface area contributed by atoms with Crippen LogP contribution in [0.25, 0.3) is 0 Å². The Bertz CT molecular complexity index is 774. The van der Waals surface area contributed by atoms with E-state index in [1.54, 1.807) is 22.8 Å². The van der Waals surface area contributed by atoms with E-state index in [9.17, 15) is 4.79 Å². The van der Waals surface area contributed by atoms with Crippen LogP contribution in [-0.2, 0) is 16.0 Å². The zero-order valence-corrected chi connectivity index (χ0v) is 14.5. The van der Waals surface area contributed by atoms with Gasteiger partial charge in [-0.25, -0.2) is 4.68 Å². The number of amides is 1. The van der Waals surface area contributed by atoms with Gasteiger partial charge >= 0.3 is 0 Å². The van der Waals surface area contributed by atoms with E-state index in [1.165, 1.54) is 12.8 Å². The maximum absolute atomic E-state index is 12.6. The summed E-state index contributed by atoms with van der Waals surface area (Å²) >= 11 is 0. The van der Waals surface area contributed by atoms with Gasteiger partial charge in [-0.3, -0.25) is 4.79 Å². The Hall–Kier alpha value is -2.25. The number of aryl methyl sites for hydroxylation is 1. The Morgan fingerprint density at radius 1 is 1.32 bits per heavy atom. The molecule has 2 aliphatic rings. The minimum Gasteiger partial charge on any atom is -0.350 e. The summed E-state index contributed by atoms with van der Waals surface area (Å²) < 4.78 is 13.1. The third-order valence-electron chi connectivity index (χ3n) is 4.98. The number of nitrogens with zero attached hydrogens (tertiary/aromatic N) is 4. The lowest BCUT2D eigenvalue weighted by molar-refractivity contribution is -0.213. The number of hydrogen-bond donors (Lipinski definition) is 0. The van der Waals surface area contributed by atoms with E-state index < -0.39 is 0 Å². The minimum absolute atomic E-state index is 0.192. The fourth-order valence-electron chi connectivity index (χ4n) is 3.06. The number of carbonyl (C=O) groups excluding carboxylic acids is 1. The van der Waals surface area contributed by atoms with Gasteiger partial charge in [-0.15, -0.1) is 5.10 Å². The Kier molecular flexibility index (Phi) is 4.05. The zero-order chi connectivity index (χ0) is 17.4. The average Bonchev–Trinajstić information content (AvgIpc) is 3.22. The molecule has 1 aromatic carbocycles. The van der Waals surface area contributed by atoms with Gasteiger partial charge in [0.25, 0.3) is 5.91 Å². The average molecular weight is 342 g/mol. The third-order valence-corrected chi connectivity index (χ3v) is 4.98. The second-order valence-corrected chi connectivity index (χ2v) is 7.03. The lowest BCUT2D eigenvalue weighted by Crippen LogP contribution is -2.36.